The van der Waals surface area contributed by atoms with E-state index in [-0.39, 0.29) is 11.2 Å². The highest BCUT2D eigenvalue weighted by Gasteiger charge is 2.06. The van der Waals surface area contributed by atoms with Crippen LogP contribution in [0.15, 0.2) is 54.6 Å². The first-order chi connectivity index (χ1) is 11.4. The van der Waals surface area contributed by atoms with E-state index in [1.54, 1.807) is 0 Å². The molecular weight excluding hydrogens is 296 g/mol. The quantitative estimate of drug-likeness (QED) is 0.535. The first kappa shape index (κ1) is 17.8. The molecule has 2 aromatic carbocycles. The Kier molecular flexibility index (Phi) is 6.21. The summed E-state index contributed by atoms with van der Waals surface area (Å²) in [7, 11) is 0. The van der Waals surface area contributed by atoms with Gasteiger partial charge in [0.1, 0.15) is 12.4 Å². The van der Waals surface area contributed by atoms with Crippen LogP contribution in [-0.2, 0) is 6.61 Å². The maximum atomic E-state index is 12.2. The van der Waals surface area contributed by atoms with Crippen molar-refractivity contribution in [3.63, 3.8) is 0 Å². The fraction of sp³-hybridized carbons (Fsp3) is 0.318. The second-order valence-electron chi connectivity index (χ2n) is 6.77. The van der Waals surface area contributed by atoms with Crippen molar-refractivity contribution in [2.24, 2.45) is 5.41 Å². The number of benzene rings is 2. The lowest BCUT2D eigenvalue weighted by atomic mass is 9.97. The molecule has 0 fully saturated rings. The molecule has 2 aromatic rings. The van der Waals surface area contributed by atoms with Gasteiger partial charge in [0.05, 0.1) is 0 Å². The number of ether oxygens (including phenoxy) is 1. The number of hydrogen-bond acceptors (Lipinski definition) is 2. The van der Waals surface area contributed by atoms with Crippen LogP contribution >= 0.6 is 0 Å². The SMILES string of the molecule is CC(C)(C)C#CCCC(=O)c1ccc(OCc2ccccc2)cc1. The van der Waals surface area contributed by atoms with Gasteiger partial charge < -0.3 is 4.74 Å². The third kappa shape index (κ3) is 6.30. The number of hydrogen-bond donors (Lipinski definition) is 0. The van der Waals surface area contributed by atoms with Gasteiger partial charge in [-0.3, -0.25) is 4.79 Å². The minimum Gasteiger partial charge on any atom is -0.489 e. The molecule has 0 aromatic heterocycles. The topological polar surface area (TPSA) is 26.3 Å². The van der Waals surface area contributed by atoms with Crippen molar-refractivity contribution in [1.29, 1.82) is 0 Å². The molecule has 0 aliphatic carbocycles. The normalized spacial score (nSPS) is 10.6. The average molecular weight is 320 g/mol. The van der Waals surface area contributed by atoms with E-state index < -0.39 is 0 Å². The molecule has 0 radical (unpaired) electrons. The van der Waals surface area contributed by atoms with E-state index in [0.717, 1.165) is 11.3 Å². The molecule has 0 heterocycles. The van der Waals surface area contributed by atoms with Crippen LogP contribution in [0, 0.1) is 17.3 Å². The van der Waals surface area contributed by atoms with Crippen LogP contribution in [0.2, 0.25) is 0 Å². The van der Waals surface area contributed by atoms with Gasteiger partial charge in [0.15, 0.2) is 5.78 Å². The first-order valence-electron chi connectivity index (χ1n) is 8.24. The van der Waals surface area contributed by atoms with Gasteiger partial charge in [-0.25, -0.2) is 0 Å². The van der Waals surface area contributed by atoms with E-state index >= 15 is 0 Å². The standard InChI is InChI=1S/C22H24O2/c1-22(2,3)16-8-7-11-21(23)19-12-14-20(15-13-19)24-17-18-9-5-4-6-10-18/h4-6,9-10,12-15H,7,11,17H2,1-3H3. The van der Waals surface area contributed by atoms with Crippen LogP contribution in [-0.4, -0.2) is 5.78 Å². The number of Topliss-reactive ketones (excluding diaryl/α,β-unsaturated/α-hetero) is 1. The number of ketones is 1. The van der Waals surface area contributed by atoms with Crippen molar-refractivity contribution in [3.05, 3.63) is 65.7 Å². The van der Waals surface area contributed by atoms with Gasteiger partial charge in [-0.15, -0.1) is 5.92 Å². The van der Waals surface area contributed by atoms with Crippen LogP contribution < -0.4 is 4.74 Å². The number of carbonyl (C=O) groups excluding carboxylic acids is 1. The Balaban J connectivity index is 1.84. The summed E-state index contributed by atoms with van der Waals surface area (Å²) >= 11 is 0. The van der Waals surface area contributed by atoms with Gasteiger partial charge in [-0.2, -0.15) is 0 Å². The highest BCUT2D eigenvalue weighted by Crippen LogP contribution is 2.16. The number of rotatable bonds is 6. The summed E-state index contributed by atoms with van der Waals surface area (Å²) in [5.41, 5.74) is 1.82. The lowest BCUT2D eigenvalue weighted by Crippen LogP contribution is -2.01. The molecule has 2 rings (SSSR count). The Morgan fingerprint density at radius 3 is 2.29 bits per heavy atom. The fourth-order valence-corrected chi connectivity index (χ4v) is 2.13. The van der Waals surface area contributed by atoms with Crippen molar-refractivity contribution < 1.29 is 9.53 Å². The second-order valence-corrected chi connectivity index (χ2v) is 6.77. The fourth-order valence-electron chi connectivity index (χ4n) is 2.13. The van der Waals surface area contributed by atoms with E-state index in [1.807, 2.05) is 54.6 Å². The molecule has 2 heteroatoms. The minimum absolute atomic E-state index is 0.0131. The summed E-state index contributed by atoms with van der Waals surface area (Å²) in [5, 5.41) is 0. The Bertz CT molecular complexity index is 711. The summed E-state index contributed by atoms with van der Waals surface area (Å²) < 4.78 is 5.73. The molecule has 0 saturated carbocycles. The second kappa shape index (κ2) is 8.36. The zero-order chi connectivity index (χ0) is 17.4. The Labute approximate surface area is 144 Å². The molecule has 0 aliphatic heterocycles. The molecule has 0 bridgehead atoms. The van der Waals surface area contributed by atoms with E-state index in [4.69, 9.17) is 4.74 Å². The minimum atomic E-state index is -0.0131. The third-order valence-corrected chi connectivity index (χ3v) is 3.37. The zero-order valence-electron chi connectivity index (χ0n) is 14.6. The molecule has 0 amide bonds. The lowest BCUT2D eigenvalue weighted by molar-refractivity contribution is 0.0984. The Hall–Kier alpha value is -2.53. The molecule has 0 spiro atoms. The van der Waals surface area contributed by atoms with E-state index in [1.165, 1.54) is 0 Å². The van der Waals surface area contributed by atoms with Crippen molar-refractivity contribution in [2.75, 3.05) is 0 Å². The van der Waals surface area contributed by atoms with Gasteiger partial charge in [0.2, 0.25) is 0 Å². The van der Waals surface area contributed by atoms with Gasteiger partial charge in [0, 0.05) is 23.8 Å². The zero-order valence-corrected chi connectivity index (χ0v) is 14.6. The number of carbonyl (C=O) groups is 1. The lowest BCUT2D eigenvalue weighted by Gasteiger charge is -2.07. The predicted molar refractivity (Wildman–Crippen MR) is 98.0 cm³/mol. The van der Waals surface area contributed by atoms with Gasteiger partial charge >= 0.3 is 0 Å². The molecular formula is C22H24O2. The predicted octanol–water partition coefficient (Wildman–Crippen LogP) is 5.28. The maximum Gasteiger partial charge on any atom is 0.163 e. The molecule has 0 atom stereocenters. The van der Waals surface area contributed by atoms with Gasteiger partial charge in [-0.05, 0) is 50.6 Å². The third-order valence-electron chi connectivity index (χ3n) is 3.37. The summed E-state index contributed by atoms with van der Waals surface area (Å²) in [6.07, 6.45) is 1.05. The largest absolute Gasteiger partial charge is 0.489 e. The summed E-state index contributed by atoms with van der Waals surface area (Å²) in [6.45, 7) is 6.72. The molecule has 124 valence electrons. The van der Waals surface area contributed by atoms with Gasteiger partial charge in [-0.1, -0.05) is 36.3 Å². The van der Waals surface area contributed by atoms with Crippen LogP contribution in [0.1, 0.15) is 49.5 Å². The average Bonchev–Trinajstić information content (AvgIpc) is 2.57. The Morgan fingerprint density at radius 2 is 1.67 bits per heavy atom. The smallest absolute Gasteiger partial charge is 0.163 e. The molecule has 0 aliphatic rings. The van der Waals surface area contributed by atoms with Crippen LogP contribution in [0.25, 0.3) is 0 Å². The van der Waals surface area contributed by atoms with E-state index in [2.05, 4.69) is 32.6 Å². The summed E-state index contributed by atoms with van der Waals surface area (Å²) in [4.78, 5) is 12.2. The van der Waals surface area contributed by atoms with Crippen molar-refractivity contribution in [2.45, 2.75) is 40.2 Å². The summed E-state index contributed by atoms with van der Waals surface area (Å²) in [5.74, 6) is 7.11. The van der Waals surface area contributed by atoms with E-state index in [0.29, 0.717) is 25.0 Å². The van der Waals surface area contributed by atoms with Crippen molar-refractivity contribution in [3.8, 4) is 17.6 Å². The molecule has 0 saturated heterocycles. The van der Waals surface area contributed by atoms with Gasteiger partial charge in [0.25, 0.3) is 0 Å². The van der Waals surface area contributed by atoms with Crippen molar-refractivity contribution in [1.82, 2.24) is 0 Å². The molecule has 2 nitrogen and oxygen atoms in total. The molecule has 24 heavy (non-hydrogen) atoms. The van der Waals surface area contributed by atoms with Crippen LogP contribution in [0.3, 0.4) is 0 Å². The van der Waals surface area contributed by atoms with Crippen molar-refractivity contribution >= 4 is 5.78 Å². The molecule has 0 unspecified atom stereocenters. The Morgan fingerprint density at radius 1 is 1.00 bits per heavy atom. The maximum absolute atomic E-state index is 12.2. The molecule has 0 N–H and O–H groups in total. The first-order valence-corrected chi connectivity index (χ1v) is 8.24. The monoisotopic (exact) mass is 320 g/mol. The van der Waals surface area contributed by atoms with Crippen LogP contribution in [0.4, 0.5) is 0 Å². The highest BCUT2D eigenvalue weighted by atomic mass is 16.5. The van der Waals surface area contributed by atoms with E-state index in [9.17, 15) is 4.79 Å². The highest BCUT2D eigenvalue weighted by molar-refractivity contribution is 5.96. The van der Waals surface area contributed by atoms with Crippen LogP contribution in [0.5, 0.6) is 5.75 Å². The summed E-state index contributed by atoms with van der Waals surface area (Å²) in [6, 6.07) is 17.3.